The molecule has 0 bridgehead atoms. The Morgan fingerprint density at radius 1 is 1.37 bits per heavy atom. The summed E-state index contributed by atoms with van der Waals surface area (Å²) in [6.45, 7) is 10.6. The van der Waals surface area contributed by atoms with Gasteiger partial charge in [0, 0.05) is 13.2 Å². The quantitative estimate of drug-likeness (QED) is 0.630. The highest BCUT2D eigenvalue weighted by molar-refractivity contribution is 4.91. The Bertz CT molecular complexity index is 283. The standard InChI is InChI=1S/C16H30N2O/c1-4-12-19-15-8-7-11-18(13-15)10-6-5-9-16(2,3)14-17/h15H,4-13H2,1-3H3. The number of nitrogens with zero attached hydrogens (tertiary/aromatic N) is 2. The van der Waals surface area contributed by atoms with E-state index in [2.05, 4.69) is 17.9 Å². The molecule has 0 N–H and O–H groups in total. The van der Waals surface area contributed by atoms with Crippen molar-refractivity contribution in [2.24, 2.45) is 5.41 Å². The highest BCUT2D eigenvalue weighted by Gasteiger charge is 2.20. The summed E-state index contributed by atoms with van der Waals surface area (Å²) in [6.07, 6.45) is 7.40. The fourth-order valence-corrected chi connectivity index (χ4v) is 2.60. The van der Waals surface area contributed by atoms with Crippen molar-refractivity contribution in [2.75, 3.05) is 26.2 Å². The lowest BCUT2D eigenvalue weighted by molar-refractivity contribution is -0.000449. The summed E-state index contributed by atoms with van der Waals surface area (Å²) in [5.41, 5.74) is -0.158. The Labute approximate surface area is 118 Å². The first-order chi connectivity index (χ1) is 9.07. The van der Waals surface area contributed by atoms with Crippen molar-refractivity contribution in [1.82, 2.24) is 4.90 Å². The van der Waals surface area contributed by atoms with Crippen molar-refractivity contribution in [3.8, 4) is 6.07 Å². The first kappa shape index (κ1) is 16.5. The van der Waals surface area contributed by atoms with E-state index in [1.807, 2.05) is 13.8 Å². The third kappa shape index (κ3) is 6.94. The molecule has 3 nitrogen and oxygen atoms in total. The molecule has 110 valence electrons. The molecule has 0 aromatic heterocycles. The van der Waals surface area contributed by atoms with Crippen LogP contribution in [0.4, 0.5) is 0 Å². The van der Waals surface area contributed by atoms with Crippen LogP contribution in [0.15, 0.2) is 0 Å². The van der Waals surface area contributed by atoms with Crippen LogP contribution in [0.3, 0.4) is 0 Å². The largest absolute Gasteiger partial charge is 0.377 e. The monoisotopic (exact) mass is 266 g/mol. The lowest BCUT2D eigenvalue weighted by atomic mass is 9.89. The zero-order valence-corrected chi connectivity index (χ0v) is 13.0. The Morgan fingerprint density at radius 3 is 2.84 bits per heavy atom. The van der Waals surface area contributed by atoms with Gasteiger partial charge in [-0.15, -0.1) is 0 Å². The van der Waals surface area contributed by atoms with E-state index < -0.39 is 0 Å². The molecule has 0 aromatic rings. The van der Waals surface area contributed by atoms with Crippen LogP contribution in [0.1, 0.15) is 59.3 Å². The van der Waals surface area contributed by atoms with Crippen LogP contribution in [0.2, 0.25) is 0 Å². The summed E-state index contributed by atoms with van der Waals surface area (Å²) in [6, 6.07) is 2.38. The number of nitriles is 1. The predicted molar refractivity (Wildman–Crippen MR) is 79.0 cm³/mol. The predicted octanol–water partition coefficient (Wildman–Crippen LogP) is 3.60. The van der Waals surface area contributed by atoms with Crippen LogP contribution in [0.25, 0.3) is 0 Å². The first-order valence-electron chi connectivity index (χ1n) is 7.82. The molecule has 0 amide bonds. The van der Waals surface area contributed by atoms with Gasteiger partial charge in [-0.2, -0.15) is 5.26 Å². The highest BCUT2D eigenvalue weighted by atomic mass is 16.5. The smallest absolute Gasteiger partial charge is 0.0702 e. The van der Waals surface area contributed by atoms with Crippen molar-refractivity contribution in [3.05, 3.63) is 0 Å². The average Bonchev–Trinajstić information content (AvgIpc) is 2.42. The molecular formula is C16H30N2O. The second-order valence-corrected chi connectivity index (χ2v) is 6.39. The van der Waals surface area contributed by atoms with Gasteiger partial charge in [-0.25, -0.2) is 0 Å². The molecular weight excluding hydrogens is 236 g/mol. The number of likely N-dealkylation sites (tertiary alicyclic amines) is 1. The van der Waals surface area contributed by atoms with Gasteiger partial charge >= 0.3 is 0 Å². The van der Waals surface area contributed by atoms with Crippen LogP contribution in [-0.2, 0) is 4.74 Å². The van der Waals surface area contributed by atoms with Gasteiger partial charge in [0.15, 0.2) is 0 Å². The topological polar surface area (TPSA) is 36.3 Å². The maximum Gasteiger partial charge on any atom is 0.0702 e. The Hall–Kier alpha value is -0.590. The summed E-state index contributed by atoms with van der Waals surface area (Å²) in [5, 5.41) is 8.98. The minimum atomic E-state index is -0.158. The average molecular weight is 266 g/mol. The molecule has 1 unspecified atom stereocenters. The Balaban J connectivity index is 2.14. The lowest BCUT2D eigenvalue weighted by Crippen LogP contribution is -2.40. The van der Waals surface area contributed by atoms with E-state index in [9.17, 15) is 0 Å². The van der Waals surface area contributed by atoms with Crippen LogP contribution in [-0.4, -0.2) is 37.2 Å². The number of hydrogen-bond donors (Lipinski definition) is 0. The van der Waals surface area contributed by atoms with Crippen molar-refractivity contribution >= 4 is 0 Å². The van der Waals surface area contributed by atoms with Gasteiger partial charge in [0.2, 0.25) is 0 Å². The number of unbranched alkanes of at least 4 members (excludes halogenated alkanes) is 1. The molecule has 1 saturated heterocycles. The summed E-state index contributed by atoms with van der Waals surface area (Å²) >= 11 is 0. The van der Waals surface area contributed by atoms with E-state index >= 15 is 0 Å². The molecule has 0 aliphatic carbocycles. The maximum absolute atomic E-state index is 8.98. The van der Waals surface area contributed by atoms with Crippen molar-refractivity contribution in [3.63, 3.8) is 0 Å². The van der Waals surface area contributed by atoms with Gasteiger partial charge in [-0.05, 0) is 59.0 Å². The zero-order valence-electron chi connectivity index (χ0n) is 13.0. The number of piperidine rings is 1. The Morgan fingerprint density at radius 2 is 2.16 bits per heavy atom. The van der Waals surface area contributed by atoms with Crippen molar-refractivity contribution in [1.29, 1.82) is 5.26 Å². The molecule has 3 heteroatoms. The van der Waals surface area contributed by atoms with Crippen molar-refractivity contribution in [2.45, 2.75) is 65.4 Å². The SMILES string of the molecule is CCCOC1CCCN(CCCCC(C)(C)C#N)C1. The first-order valence-corrected chi connectivity index (χ1v) is 7.82. The minimum absolute atomic E-state index is 0.158. The summed E-state index contributed by atoms with van der Waals surface area (Å²) in [7, 11) is 0. The molecule has 1 atom stereocenters. The van der Waals surface area contributed by atoms with E-state index in [-0.39, 0.29) is 5.41 Å². The zero-order chi connectivity index (χ0) is 14.1. The normalized spacial score (nSPS) is 21.3. The highest BCUT2D eigenvalue weighted by Crippen LogP contribution is 2.22. The fourth-order valence-electron chi connectivity index (χ4n) is 2.60. The molecule has 0 aromatic carbocycles. The van der Waals surface area contributed by atoms with Gasteiger partial charge in [-0.3, -0.25) is 0 Å². The molecule has 1 heterocycles. The molecule has 1 rings (SSSR count). The van der Waals surface area contributed by atoms with Gasteiger partial charge in [-0.1, -0.05) is 13.3 Å². The molecule has 19 heavy (non-hydrogen) atoms. The van der Waals surface area contributed by atoms with Crippen LogP contribution in [0, 0.1) is 16.7 Å². The van der Waals surface area contributed by atoms with Crippen LogP contribution >= 0.6 is 0 Å². The summed E-state index contributed by atoms with van der Waals surface area (Å²) in [4.78, 5) is 2.53. The van der Waals surface area contributed by atoms with E-state index in [0.29, 0.717) is 6.10 Å². The molecule has 1 aliphatic heterocycles. The van der Waals surface area contributed by atoms with Crippen LogP contribution in [0.5, 0.6) is 0 Å². The number of hydrogen-bond acceptors (Lipinski definition) is 3. The maximum atomic E-state index is 8.98. The van der Waals surface area contributed by atoms with E-state index in [0.717, 1.165) is 39.0 Å². The molecule has 0 spiro atoms. The molecule has 1 fully saturated rings. The third-order valence-corrected chi connectivity index (χ3v) is 3.85. The van der Waals surface area contributed by atoms with E-state index in [1.165, 1.54) is 25.8 Å². The summed E-state index contributed by atoms with van der Waals surface area (Å²) < 4.78 is 5.86. The van der Waals surface area contributed by atoms with Gasteiger partial charge < -0.3 is 9.64 Å². The van der Waals surface area contributed by atoms with E-state index in [1.54, 1.807) is 0 Å². The summed E-state index contributed by atoms with van der Waals surface area (Å²) in [5.74, 6) is 0. The van der Waals surface area contributed by atoms with Gasteiger partial charge in [0.25, 0.3) is 0 Å². The van der Waals surface area contributed by atoms with E-state index in [4.69, 9.17) is 10.00 Å². The molecule has 0 saturated carbocycles. The lowest BCUT2D eigenvalue weighted by Gasteiger charge is -2.32. The van der Waals surface area contributed by atoms with Gasteiger partial charge in [0.1, 0.15) is 0 Å². The second-order valence-electron chi connectivity index (χ2n) is 6.39. The van der Waals surface area contributed by atoms with Crippen LogP contribution < -0.4 is 0 Å². The van der Waals surface area contributed by atoms with Gasteiger partial charge in [0.05, 0.1) is 17.6 Å². The Kier molecular flexibility index (Phi) is 7.41. The third-order valence-electron chi connectivity index (χ3n) is 3.85. The number of rotatable bonds is 8. The fraction of sp³-hybridized carbons (Fsp3) is 0.938. The minimum Gasteiger partial charge on any atom is -0.377 e. The number of ether oxygens (including phenoxy) is 1. The molecule has 0 radical (unpaired) electrons. The van der Waals surface area contributed by atoms with Crippen molar-refractivity contribution < 1.29 is 4.74 Å². The second kappa shape index (κ2) is 8.55. The molecule has 1 aliphatic rings.